The third-order valence-corrected chi connectivity index (χ3v) is 4.06. The average molecular weight is 332 g/mol. The SMILES string of the molecule is Cc1ccc(C(=O)NCCCc2ccccc2)cc1Br. The molecule has 0 aliphatic heterocycles. The van der Waals surface area contributed by atoms with Crippen LogP contribution in [-0.2, 0) is 6.42 Å². The maximum Gasteiger partial charge on any atom is 0.251 e. The second-order valence-corrected chi connectivity index (χ2v) is 5.66. The standard InChI is InChI=1S/C17H18BrNO/c1-13-9-10-15(12-16(13)18)17(20)19-11-5-8-14-6-3-2-4-7-14/h2-4,6-7,9-10,12H,5,8,11H2,1H3,(H,19,20). The van der Waals surface area contributed by atoms with Gasteiger partial charge in [-0.2, -0.15) is 0 Å². The topological polar surface area (TPSA) is 29.1 Å². The number of hydrogen-bond donors (Lipinski definition) is 1. The number of carbonyl (C=O) groups is 1. The Kier molecular flexibility index (Phi) is 5.36. The van der Waals surface area contributed by atoms with Crippen LogP contribution in [-0.4, -0.2) is 12.5 Å². The van der Waals surface area contributed by atoms with E-state index in [1.165, 1.54) is 5.56 Å². The Hall–Kier alpha value is -1.61. The minimum absolute atomic E-state index is 0.0150. The van der Waals surface area contributed by atoms with Crippen molar-refractivity contribution in [2.24, 2.45) is 0 Å². The molecule has 2 rings (SSSR count). The molecule has 3 heteroatoms. The number of hydrogen-bond acceptors (Lipinski definition) is 1. The van der Waals surface area contributed by atoms with E-state index < -0.39 is 0 Å². The predicted octanol–water partition coefficient (Wildman–Crippen LogP) is 4.12. The van der Waals surface area contributed by atoms with Crippen molar-refractivity contribution in [1.29, 1.82) is 0 Å². The fourth-order valence-electron chi connectivity index (χ4n) is 1.98. The summed E-state index contributed by atoms with van der Waals surface area (Å²) in [7, 11) is 0. The molecule has 2 aromatic carbocycles. The summed E-state index contributed by atoms with van der Waals surface area (Å²) >= 11 is 3.45. The monoisotopic (exact) mass is 331 g/mol. The van der Waals surface area contributed by atoms with E-state index in [4.69, 9.17) is 0 Å². The summed E-state index contributed by atoms with van der Waals surface area (Å²) in [6.07, 6.45) is 1.93. The van der Waals surface area contributed by atoms with Crippen LogP contribution >= 0.6 is 15.9 Å². The summed E-state index contributed by atoms with van der Waals surface area (Å²) in [6.45, 7) is 2.70. The largest absolute Gasteiger partial charge is 0.352 e. The smallest absolute Gasteiger partial charge is 0.251 e. The van der Waals surface area contributed by atoms with Gasteiger partial charge in [0.05, 0.1) is 0 Å². The van der Waals surface area contributed by atoms with Gasteiger partial charge >= 0.3 is 0 Å². The Balaban J connectivity index is 1.79. The zero-order valence-electron chi connectivity index (χ0n) is 11.5. The first-order valence-electron chi connectivity index (χ1n) is 6.75. The fourth-order valence-corrected chi connectivity index (χ4v) is 2.35. The summed E-state index contributed by atoms with van der Waals surface area (Å²) in [4.78, 5) is 12.0. The molecule has 0 saturated heterocycles. The zero-order chi connectivity index (χ0) is 14.4. The van der Waals surface area contributed by atoms with Gasteiger partial charge in [0.25, 0.3) is 5.91 Å². The molecule has 0 unspecified atom stereocenters. The second kappa shape index (κ2) is 7.25. The highest BCUT2D eigenvalue weighted by molar-refractivity contribution is 9.10. The Labute approximate surface area is 128 Å². The quantitative estimate of drug-likeness (QED) is 0.820. The molecule has 0 aliphatic rings. The molecule has 20 heavy (non-hydrogen) atoms. The number of carbonyl (C=O) groups excluding carboxylic acids is 1. The minimum atomic E-state index is -0.0150. The van der Waals surface area contributed by atoms with Crippen molar-refractivity contribution < 1.29 is 4.79 Å². The molecule has 0 atom stereocenters. The van der Waals surface area contributed by atoms with Crippen LogP contribution in [0.4, 0.5) is 0 Å². The third kappa shape index (κ3) is 4.20. The van der Waals surface area contributed by atoms with E-state index in [9.17, 15) is 4.79 Å². The molecule has 0 fully saturated rings. The lowest BCUT2D eigenvalue weighted by molar-refractivity contribution is 0.0953. The van der Waals surface area contributed by atoms with Gasteiger partial charge in [-0.1, -0.05) is 52.3 Å². The van der Waals surface area contributed by atoms with Gasteiger partial charge in [0.1, 0.15) is 0 Å². The van der Waals surface area contributed by atoms with Crippen molar-refractivity contribution >= 4 is 21.8 Å². The predicted molar refractivity (Wildman–Crippen MR) is 86.0 cm³/mol. The van der Waals surface area contributed by atoms with Gasteiger partial charge in [0.15, 0.2) is 0 Å². The normalized spacial score (nSPS) is 10.3. The first-order chi connectivity index (χ1) is 9.66. The molecule has 0 aromatic heterocycles. The van der Waals surface area contributed by atoms with E-state index in [0.29, 0.717) is 12.1 Å². The highest BCUT2D eigenvalue weighted by atomic mass is 79.9. The van der Waals surface area contributed by atoms with Crippen LogP contribution < -0.4 is 5.32 Å². The van der Waals surface area contributed by atoms with E-state index in [0.717, 1.165) is 22.9 Å². The highest BCUT2D eigenvalue weighted by Crippen LogP contribution is 2.17. The average Bonchev–Trinajstić information content (AvgIpc) is 2.47. The summed E-state index contributed by atoms with van der Waals surface area (Å²) in [5.41, 5.74) is 3.13. The Morgan fingerprint density at radius 1 is 1.15 bits per heavy atom. The number of aryl methyl sites for hydroxylation is 2. The molecule has 0 radical (unpaired) electrons. The maximum absolute atomic E-state index is 12.0. The van der Waals surface area contributed by atoms with Gasteiger partial charge in [-0.05, 0) is 43.0 Å². The fraction of sp³-hybridized carbons (Fsp3) is 0.235. The lowest BCUT2D eigenvalue weighted by Crippen LogP contribution is -2.24. The van der Waals surface area contributed by atoms with Crippen molar-refractivity contribution in [1.82, 2.24) is 5.32 Å². The highest BCUT2D eigenvalue weighted by Gasteiger charge is 2.06. The minimum Gasteiger partial charge on any atom is -0.352 e. The van der Waals surface area contributed by atoms with Crippen LogP contribution in [0.25, 0.3) is 0 Å². The van der Waals surface area contributed by atoms with Crippen molar-refractivity contribution in [2.75, 3.05) is 6.54 Å². The summed E-state index contributed by atoms with van der Waals surface area (Å²) in [5, 5.41) is 2.96. The van der Waals surface area contributed by atoms with Crippen LogP contribution in [0, 0.1) is 6.92 Å². The molecule has 1 amide bonds. The van der Waals surface area contributed by atoms with Crippen LogP contribution in [0.3, 0.4) is 0 Å². The van der Waals surface area contributed by atoms with E-state index in [1.807, 2.05) is 43.3 Å². The van der Waals surface area contributed by atoms with Crippen LogP contribution in [0.5, 0.6) is 0 Å². The van der Waals surface area contributed by atoms with Crippen molar-refractivity contribution in [3.05, 3.63) is 69.7 Å². The van der Waals surface area contributed by atoms with Crippen LogP contribution in [0.1, 0.15) is 27.9 Å². The van der Waals surface area contributed by atoms with Gasteiger partial charge in [-0.25, -0.2) is 0 Å². The molecule has 2 aromatic rings. The second-order valence-electron chi connectivity index (χ2n) is 4.81. The molecule has 104 valence electrons. The molecule has 0 saturated carbocycles. The van der Waals surface area contributed by atoms with Crippen molar-refractivity contribution in [3.8, 4) is 0 Å². The summed E-state index contributed by atoms with van der Waals surface area (Å²) in [6, 6.07) is 16.0. The number of halogens is 1. The van der Waals surface area contributed by atoms with Gasteiger partial charge in [-0.15, -0.1) is 0 Å². The zero-order valence-corrected chi connectivity index (χ0v) is 13.1. The molecule has 0 aliphatic carbocycles. The van der Waals surface area contributed by atoms with Crippen LogP contribution in [0.15, 0.2) is 53.0 Å². The lowest BCUT2D eigenvalue weighted by Gasteiger charge is -2.07. The van der Waals surface area contributed by atoms with E-state index >= 15 is 0 Å². The summed E-state index contributed by atoms with van der Waals surface area (Å²) in [5.74, 6) is -0.0150. The number of nitrogens with one attached hydrogen (secondary N) is 1. The van der Waals surface area contributed by atoms with Gasteiger partial charge < -0.3 is 5.32 Å². The molecule has 0 bridgehead atoms. The Bertz CT molecular complexity index is 581. The molecule has 0 heterocycles. The maximum atomic E-state index is 12.0. The first kappa shape index (κ1) is 14.8. The Morgan fingerprint density at radius 3 is 2.60 bits per heavy atom. The number of amides is 1. The lowest BCUT2D eigenvalue weighted by atomic mass is 10.1. The molecular weight excluding hydrogens is 314 g/mol. The molecule has 0 spiro atoms. The first-order valence-corrected chi connectivity index (χ1v) is 7.54. The van der Waals surface area contributed by atoms with Gasteiger partial charge in [0, 0.05) is 16.6 Å². The van der Waals surface area contributed by atoms with Crippen LogP contribution in [0.2, 0.25) is 0 Å². The Morgan fingerprint density at radius 2 is 1.90 bits per heavy atom. The molecule has 1 N–H and O–H groups in total. The van der Waals surface area contributed by atoms with Crippen molar-refractivity contribution in [3.63, 3.8) is 0 Å². The molecule has 2 nitrogen and oxygen atoms in total. The van der Waals surface area contributed by atoms with Gasteiger partial charge in [0.2, 0.25) is 0 Å². The van der Waals surface area contributed by atoms with Crippen molar-refractivity contribution in [2.45, 2.75) is 19.8 Å². The van der Waals surface area contributed by atoms with Gasteiger partial charge in [-0.3, -0.25) is 4.79 Å². The summed E-state index contributed by atoms with van der Waals surface area (Å²) < 4.78 is 0.967. The van der Waals surface area contributed by atoms with E-state index in [-0.39, 0.29) is 5.91 Å². The molecular formula is C17H18BrNO. The van der Waals surface area contributed by atoms with E-state index in [2.05, 4.69) is 33.4 Å². The number of rotatable bonds is 5. The third-order valence-electron chi connectivity index (χ3n) is 3.20. The van der Waals surface area contributed by atoms with E-state index in [1.54, 1.807) is 0 Å². The number of benzene rings is 2.